The van der Waals surface area contributed by atoms with Gasteiger partial charge in [-0.1, -0.05) is 30.3 Å². The Labute approximate surface area is 355 Å². The van der Waals surface area contributed by atoms with Gasteiger partial charge < -0.3 is 56.5 Å². The lowest BCUT2D eigenvalue weighted by molar-refractivity contribution is -0.315. The maximum absolute atomic E-state index is 14.6. The minimum Gasteiger partial charge on any atom is -0.507 e. The molecule has 0 radical (unpaired) electrons. The molecule has 1 saturated heterocycles. The summed E-state index contributed by atoms with van der Waals surface area (Å²) in [7, 11) is 2.79. The number of aromatic nitrogens is 1. The molecule has 0 unspecified atom stereocenters. The van der Waals surface area contributed by atoms with Gasteiger partial charge in [-0.2, -0.15) is 0 Å². The highest BCUT2D eigenvalue weighted by Gasteiger charge is 2.56. The maximum Gasteiger partial charge on any atom is 0.253 e. The maximum atomic E-state index is 14.6. The first-order chi connectivity index (χ1) is 29.7. The van der Waals surface area contributed by atoms with Crippen molar-refractivity contribution in [2.75, 3.05) is 33.0 Å². The number of nitrogen functional groups attached to an aromatic ring is 1. The predicted molar refractivity (Wildman–Crippen MR) is 221 cm³/mol. The number of ether oxygens (including phenoxy) is 3. The number of aryl methyl sites for hydroxylation is 2. The van der Waals surface area contributed by atoms with Crippen molar-refractivity contribution in [3.05, 3.63) is 124 Å². The number of anilines is 1. The highest BCUT2D eigenvalue weighted by molar-refractivity contribution is 6.30. The molecule has 6 atom stereocenters. The number of aromatic hydroxyl groups is 1. The van der Waals surface area contributed by atoms with E-state index in [1.54, 1.807) is 6.07 Å². The van der Waals surface area contributed by atoms with Crippen LogP contribution in [0.1, 0.15) is 66.4 Å². The average Bonchev–Trinajstić information content (AvgIpc) is 3.59. The quantitative estimate of drug-likeness (QED) is 0.0432. The highest BCUT2D eigenvalue weighted by atomic mass is 16.7. The van der Waals surface area contributed by atoms with Crippen molar-refractivity contribution in [1.82, 2.24) is 15.2 Å². The number of phenolic OH excluding ortho intramolecular Hbond substituents is 1. The lowest BCUT2D eigenvalue weighted by atomic mass is 9.75. The zero-order valence-corrected chi connectivity index (χ0v) is 33.7. The first kappa shape index (κ1) is 43.4. The molecule has 7 rings (SSSR count). The van der Waals surface area contributed by atoms with E-state index in [1.807, 2.05) is 30.3 Å². The number of imide groups is 1. The van der Waals surface area contributed by atoms with Crippen LogP contribution in [0.25, 0.3) is 0 Å². The Balaban J connectivity index is 1.22. The monoisotopic (exact) mass is 850 g/mol. The second-order valence-electron chi connectivity index (χ2n) is 15.2. The topological polar surface area (TPSA) is 290 Å². The number of carbonyl (C=O) groups excluding carboxylic acids is 4. The van der Waals surface area contributed by atoms with Gasteiger partial charge in [0.25, 0.3) is 11.8 Å². The van der Waals surface area contributed by atoms with Crippen molar-refractivity contribution < 1.29 is 58.9 Å². The Morgan fingerprint density at radius 2 is 1.71 bits per heavy atom. The number of fused-ring (bicyclic) bond motifs is 2. The van der Waals surface area contributed by atoms with E-state index in [2.05, 4.69) is 15.3 Å². The van der Waals surface area contributed by atoms with E-state index >= 15 is 0 Å². The first-order valence-electron chi connectivity index (χ1n) is 19.6. The predicted octanol–water partition coefficient (Wildman–Crippen LogP) is 0.621. The number of nitrogens with two attached hydrogens (primary N) is 2. The molecule has 4 aromatic rings. The number of amides is 2. The summed E-state index contributed by atoms with van der Waals surface area (Å²) in [5.74, 6) is -4.22. The van der Waals surface area contributed by atoms with Crippen LogP contribution in [0.15, 0.2) is 84.0 Å². The van der Waals surface area contributed by atoms with E-state index in [4.69, 9.17) is 25.7 Å². The zero-order valence-electron chi connectivity index (χ0n) is 33.7. The number of carbonyl (C=O) groups is 4. The van der Waals surface area contributed by atoms with Crippen LogP contribution in [-0.2, 0) is 33.7 Å². The number of hydrogen-bond donors (Lipinski definition) is 8. The largest absolute Gasteiger partial charge is 0.507 e. The molecule has 1 aliphatic carbocycles. The van der Waals surface area contributed by atoms with Gasteiger partial charge in [0.2, 0.25) is 12.1 Å². The van der Waals surface area contributed by atoms with Gasteiger partial charge in [0.15, 0.2) is 11.7 Å². The average molecular weight is 851 g/mol. The van der Waals surface area contributed by atoms with Gasteiger partial charge >= 0.3 is 0 Å². The molecule has 0 spiro atoms. The summed E-state index contributed by atoms with van der Waals surface area (Å²) < 4.78 is 17.5. The molecule has 3 heterocycles. The summed E-state index contributed by atoms with van der Waals surface area (Å²) in [6.07, 6.45) is -3.75. The van der Waals surface area contributed by atoms with Gasteiger partial charge in [-0.3, -0.25) is 29.1 Å². The van der Waals surface area contributed by atoms with Crippen LogP contribution in [0.3, 0.4) is 0 Å². The number of aliphatic hydroxyl groups is 4. The number of nitrogens with zero attached hydrogens (tertiary/aromatic N) is 3. The van der Waals surface area contributed by atoms with Gasteiger partial charge in [0.05, 0.1) is 24.8 Å². The standard InChI is InChI=1S/C44H46N6O12/c1-47-43(46)49-19-29-24(9-8-22-6-4-3-5-7-22)14-27-36(38(29)55)39(56)35-28(37(27)54)16-26(60-2)17-30(35)61-42-40(57)41(58)44(59,31(21-51)62-42)18-25(23-12-13-48-32(45)15-23)20-50-33(52)10-11-34(50)53/h3-7,10-17,25,31,40-42,51,55,57-59H,8-9,18-21H2,1-2H3,(H2,45,48)(H3,46,47,49)/t25-,31-,40-,41-,42-,44-/m1/s1. The van der Waals surface area contributed by atoms with Gasteiger partial charge in [0, 0.05) is 67.2 Å². The fourth-order valence-corrected chi connectivity index (χ4v) is 8.16. The number of nitrogens with one attached hydrogen (secondary N) is 1. The van der Waals surface area contributed by atoms with Gasteiger partial charge in [-0.25, -0.2) is 4.98 Å². The fourth-order valence-electron chi connectivity index (χ4n) is 8.16. The molecule has 62 heavy (non-hydrogen) atoms. The van der Waals surface area contributed by atoms with E-state index in [9.17, 15) is 44.7 Å². The van der Waals surface area contributed by atoms with Crippen LogP contribution in [0.4, 0.5) is 5.82 Å². The number of methoxy groups -OCH3 is 1. The summed E-state index contributed by atoms with van der Waals surface area (Å²) >= 11 is 0. The molecule has 1 aromatic heterocycles. The van der Waals surface area contributed by atoms with Crippen molar-refractivity contribution in [3.63, 3.8) is 0 Å². The molecule has 18 nitrogen and oxygen atoms in total. The second kappa shape index (κ2) is 17.7. The second-order valence-corrected chi connectivity index (χ2v) is 15.2. The summed E-state index contributed by atoms with van der Waals surface area (Å²) in [6.45, 7) is -1.27. The molecule has 3 aliphatic rings. The van der Waals surface area contributed by atoms with Crippen molar-refractivity contribution in [2.45, 2.75) is 61.9 Å². The molecule has 3 aromatic carbocycles. The minimum absolute atomic E-state index is 0.0465. The number of benzene rings is 3. The smallest absolute Gasteiger partial charge is 0.253 e. The van der Waals surface area contributed by atoms with Gasteiger partial charge in [-0.05, 0) is 60.2 Å². The molecular weight excluding hydrogens is 805 g/mol. The Bertz CT molecular complexity index is 2460. The van der Waals surface area contributed by atoms with Crippen molar-refractivity contribution in [3.8, 4) is 17.2 Å². The zero-order chi connectivity index (χ0) is 44.5. The lowest BCUT2D eigenvalue weighted by Crippen LogP contribution is -2.68. The number of rotatable bonds is 14. The number of aliphatic imine (C=N–C) groups is 1. The molecule has 0 saturated carbocycles. The number of phenols is 1. The Morgan fingerprint density at radius 3 is 2.37 bits per heavy atom. The van der Waals surface area contributed by atoms with Gasteiger partial charge in [-0.15, -0.1) is 0 Å². The number of ketones is 2. The van der Waals surface area contributed by atoms with Crippen molar-refractivity contribution in [2.24, 2.45) is 10.7 Å². The molecule has 324 valence electrons. The minimum atomic E-state index is -2.45. The van der Waals surface area contributed by atoms with Crippen LogP contribution < -0.4 is 26.3 Å². The summed E-state index contributed by atoms with van der Waals surface area (Å²) in [4.78, 5) is 62.9. The van der Waals surface area contributed by atoms with E-state index in [0.717, 1.165) is 22.6 Å². The van der Waals surface area contributed by atoms with Crippen LogP contribution in [0, 0.1) is 0 Å². The van der Waals surface area contributed by atoms with Crippen LogP contribution in [0.2, 0.25) is 0 Å². The molecule has 18 heteroatoms. The molecule has 1 fully saturated rings. The third kappa shape index (κ3) is 8.20. The molecule has 10 N–H and O–H groups in total. The lowest BCUT2D eigenvalue weighted by Gasteiger charge is -2.49. The number of aliphatic hydroxyl groups excluding tert-OH is 3. The van der Waals surface area contributed by atoms with Crippen molar-refractivity contribution in [1.29, 1.82) is 0 Å². The first-order valence-corrected chi connectivity index (χ1v) is 19.6. The summed E-state index contributed by atoms with van der Waals surface area (Å²) in [5.41, 5.74) is 10.8. The normalized spacial score (nSPS) is 22.7. The van der Waals surface area contributed by atoms with Gasteiger partial charge in [0.1, 0.15) is 47.0 Å². The van der Waals surface area contributed by atoms with E-state index in [-0.39, 0.29) is 58.6 Å². The highest BCUT2D eigenvalue weighted by Crippen LogP contribution is 2.44. The molecule has 2 amide bonds. The summed E-state index contributed by atoms with van der Waals surface area (Å²) in [6, 6.07) is 16.7. The van der Waals surface area contributed by atoms with Crippen LogP contribution >= 0.6 is 0 Å². The third-order valence-corrected chi connectivity index (χ3v) is 11.5. The SMILES string of the molecule is CN=C(N)NCc1c(CCc2ccccc2)cc2c(c1O)C(=O)c1c(O[C@@H]3O[C@H](CO)[C@](O)(C[C@H](CN4C(=O)C=CC4=O)c4ccnc(N)c4)[C@H](O)[C@H]3O)cc(OC)cc1C2=O. The third-order valence-electron chi connectivity index (χ3n) is 11.5. The number of pyridine rings is 1. The molecule has 0 bridgehead atoms. The fraction of sp³-hybridized carbons (Fsp3) is 0.318. The van der Waals surface area contributed by atoms with E-state index in [1.165, 1.54) is 44.6 Å². The Kier molecular flexibility index (Phi) is 12.4. The van der Waals surface area contributed by atoms with Crippen molar-refractivity contribution >= 4 is 35.2 Å². The summed E-state index contributed by atoms with van der Waals surface area (Å²) in [5, 5.41) is 60.7. The molecule has 2 aliphatic heterocycles. The number of guanidine groups is 1. The Hall–Kier alpha value is -6.70. The van der Waals surface area contributed by atoms with Crippen LogP contribution in [0.5, 0.6) is 17.2 Å². The van der Waals surface area contributed by atoms with Crippen LogP contribution in [-0.4, -0.2) is 122 Å². The van der Waals surface area contributed by atoms with E-state index in [0.29, 0.717) is 29.5 Å². The van der Waals surface area contributed by atoms with E-state index < -0.39 is 78.3 Å². The Morgan fingerprint density at radius 1 is 1.00 bits per heavy atom. The number of hydrogen-bond acceptors (Lipinski definition) is 15. The molecular formula is C44H46N6O12.